The minimum Gasteiger partial charge on any atom is -0.465 e. The summed E-state index contributed by atoms with van der Waals surface area (Å²) < 4.78 is 89.1. The lowest BCUT2D eigenvalue weighted by Crippen LogP contribution is -2.47. The van der Waals surface area contributed by atoms with Crippen molar-refractivity contribution in [3.63, 3.8) is 0 Å². The Bertz CT molecular complexity index is 1140. The highest BCUT2D eigenvalue weighted by Crippen LogP contribution is 2.42. The van der Waals surface area contributed by atoms with Crippen molar-refractivity contribution in [1.82, 2.24) is 9.80 Å². The lowest BCUT2D eigenvalue weighted by Gasteiger charge is -2.42. The third kappa shape index (κ3) is 6.26. The average molecular weight is 544 g/mol. The number of fused-ring (bicyclic) bond motifs is 1. The number of likely N-dealkylation sites (tertiary alicyclic amines) is 1. The van der Waals surface area contributed by atoms with Gasteiger partial charge in [0.1, 0.15) is 11.6 Å². The van der Waals surface area contributed by atoms with Gasteiger partial charge in [-0.15, -0.1) is 0 Å². The summed E-state index contributed by atoms with van der Waals surface area (Å²) in [5.41, 5.74) is 0.754. The fourth-order valence-electron chi connectivity index (χ4n) is 5.54. The van der Waals surface area contributed by atoms with E-state index in [0.717, 1.165) is 23.6 Å². The van der Waals surface area contributed by atoms with Gasteiger partial charge >= 0.3 is 12.1 Å². The van der Waals surface area contributed by atoms with E-state index in [-0.39, 0.29) is 23.7 Å². The maximum atomic E-state index is 15.6. The molecule has 4 rings (SSSR count). The van der Waals surface area contributed by atoms with Crippen molar-refractivity contribution in [3.8, 4) is 0 Å². The zero-order valence-corrected chi connectivity index (χ0v) is 21.3. The smallest absolute Gasteiger partial charge is 0.401 e. The van der Waals surface area contributed by atoms with Crippen LogP contribution in [0.15, 0.2) is 30.3 Å². The van der Waals surface area contributed by atoms with Gasteiger partial charge in [0.05, 0.1) is 31.9 Å². The Morgan fingerprint density at radius 2 is 1.87 bits per heavy atom. The summed E-state index contributed by atoms with van der Waals surface area (Å²) in [6, 6.07) is 4.40. The van der Waals surface area contributed by atoms with Crippen LogP contribution in [0.1, 0.15) is 52.9 Å². The molecule has 0 saturated carbocycles. The molecule has 2 aromatic rings. The monoisotopic (exact) mass is 543 g/mol. The van der Waals surface area contributed by atoms with Crippen LogP contribution < -0.4 is 5.32 Å². The van der Waals surface area contributed by atoms with Crippen LogP contribution in [0, 0.1) is 11.6 Å². The summed E-state index contributed by atoms with van der Waals surface area (Å²) in [5, 5.41) is 3.10. The summed E-state index contributed by atoms with van der Waals surface area (Å²) in [6.45, 7) is 1.73. The zero-order chi connectivity index (χ0) is 27.6. The summed E-state index contributed by atoms with van der Waals surface area (Å²) in [6.07, 6.45) is -3.30. The second kappa shape index (κ2) is 11.5. The molecule has 2 aromatic carbocycles. The molecule has 1 saturated heterocycles. The Hall–Kier alpha value is -2.79. The minimum atomic E-state index is -4.60. The van der Waals surface area contributed by atoms with Gasteiger partial charge in [0.25, 0.3) is 0 Å². The number of alkyl halides is 4. The fourth-order valence-corrected chi connectivity index (χ4v) is 5.54. The van der Waals surface area contributed by atoms with Crippen LogP contribution in [0.5, 0.6) is 0 Å². The van der Waals surface area contributed by atoms with Crippen LogP contribution in [0.2, 0.25) is 0 Å². The van der Waals surface area contributed by atoms with Gasteiger partial charge in [-0.05, 0) is 61.6 Å². The number of hydrogen-bond acceptors (Lipinski definition) is 5. The Labute approximate surface area is 217 Å². The van der Waals surface area contributed by atoms with Gasteiger partial charge in [-0.1, -0.05) is 6.07 Å². The Morgan fingerprint density at radius 1 is 1.16 bits per heavy atom. The molecule has 38 heavy (non-hydrogen) atoms. The molecule has 0 aromatic heterocycles. The predicted octanol–water partition coefficient (Wildman–Crippen LogP) is 5.50. The third-order valence-electron chi connectivity index (χ3n) is 7.24. The standard InChI is InChI=1S/C27H31F6N3O2/c1-16-10-18-11-17(26(37)38-2)4-5-21(18)25(36(16)15-27(31,32)33)24-22(29)12-20(13-23(24)30)34-19-6-9-35(14-19)8-3-7-28/h4-5,11-13,16,19,25,34H,3,6-10,14-15H2,1-2H3/t16-,19+,25+/m1/s1. The topological polar surface area (TPSA) is 44.8 Å². The first-order valence-corrected chi connectivity index (χ1v) is 12.6. The number of carbonyl (C=O) groups is 1. The number of anilines is 1. The van der Waals surface area contributed by atoms with Crippen LogP contribution in [0.4, 0.5) is 32.0 Å². The molecule has 0 amide bonds. The number of halogens is 6. The molecule has 0 unspecified atom stereocenters. The number of methoxy groups -OCH3 is 1. The van der Waals surface area contributed by atoms with E-state index in [1.807, 2.05) is 0 Å². The molecule has 0 bridgehead atoms. The lowest BCUT2D eigenvalue weighted by atomic mass is 9.83. The van der Waals surface area contributed by atoms with E-state index in [2.05, 4.69) is 10.2 Å². The lowest BCUT2D eigenvalue weighted by molar-refractivity contribution is -0.155. The highest BCUT2D eigenvalue weighted by molar-refractivity contribution is 5.89. The number of esters is 1. The maximum Gasteiger partial charge on any atom is 0.401 e. The summed E-state index contributed by atoms with van der Waals surface area (Å²) in [4.78, 5) is 15.1. The third-order valence-corrected chi connectivity index (χ3v) is 7.24. The quantitative estimate of drug-likeness (QED) is 0.352. The number of nitrogens with zero attached hydrogens (tertiary/aromatic N) is 2. The van der Waals surface area contributed by atoms with Crippen molar-refractivity contribution in [2.45, 2.75) is 50.5 Å². The van der Waals surface area contributed by atoms with Gasteiger partial charge in [-0.2, -0.15) is 13.2 Å². The van der Waals surface area contributed by atoms with E-state index in [1.165, 1.54) is 25.3 Å². The first-order valence-electron chi connectivity index (χ1n) is 12.6. The first-order chi connectivity index (χ1) is 18.0. The van der Waals surface area contributed by atoms with Gasteiger partial charge in [0, 0.05) is 43.0 Å². The highest BCUT2D eigenvalue weighted by Gasteiger charge is 2.42. The molecule has 5 nitrogen and oxygen atoms in total. The SMILES string of the molecule is COC(=O)c1ccc2c(c1)C[C@@H](C)N(CC(F)(F)F)[C@@H]2c1c(F)cc(N[C@H]2CCN(CCCF)C2)cc1F. The number of hydrogen-bond donors (Lipinski definition) is 1. The maximum absolute atomic E-state index is 15.6. The summed E-state index contributed by atoms with van der Waals surface area (Å²) in [5.74, 6) is -2.54. The molecule has 2 aliphatic rings. The van der Waals surface area contributed by atoms with Crippen LogP contribution in [-0.2, 0) is 11.2 Å². The minimum absolute atomic E-state index is 0.0897. The molecule has 0 radical (unpaired) electrons. The van der Waals surface area contributed by atoms with E-state index in [0.29, 0.717) is 37.1 Å². The molecular formula is C27H31F6N3O2. The van der Waals surface area contributed by atoms with E-state index in [9.17, 15) is 22.4 Å². The molecule has 11 heteroatoms. The normalized spacial score (nSPS) is 22.4. The highest BCUT2D eigenvalue weighted by atomic mass is 19.4. The second-order valence-corrected chi connectivity index (χ2v) is 9.98. The Morgan fingerprint density at radius 3 is 2.50 bits per heavy atom. The fraction of sp³-hybridized carbons (Fsp3) is 0.519. The van der Waals surface area contributed by atoms with E-state index >= 15 is 8.78 Å². The largest absolute Gasteiger partial charge is 0.465 e. The van der Waals surface area contributed by atoms with Gasteiger partial charge in [-0.3, -0.25) is 9.29 Å². The molecule has 1 N–H and O–H groups in total. The Kier molecular flexibility index (Phi) is 8.56. The number of carbonyl (C=O) groups excluding carboxylic acids is 1. The number of ether oxygens (including phenoxy) is 1. The van der Waals surface area contributed by atoms with Gasteiger partial charge in [0.15, 0.2) is 0 Å². The van der Waals surface area contributed by atoms with Crippen molar-refractivity contribution >= 4 is 11.7 Å². The van der Waals surface area contributed by atoms with E-state index in [4.69, 9.17) is 4.74 Å². The van der Waals surface area contributed by atoms with Crippen LogP contribution >= 0.6 is 0 Å². The van der Waals surface area contributed by atoms with Gasteiger partial charge in [0.2, 0.25) is 0 Å². The van der Waals surface area contributed by atoms with Gasteiger partial charge in [-0.25, -0.2) is 13.6 Å². The molecule has 3 atom stereocenters. The number of nitrogens with one attached hydrogen (secondary N) is 1. The van der Waals surface area contributed by atoms with Crippen molar-refractivity contribution in [2.24, 2.45) is 0 Å². The average Bonchev–Trinajstić information content (AvgIpc) is 3.29. The first kappa shape index (κ1) is 28.2. The molecule has 0 aliphatic carbocycles. The molecule has 0 spiro atoms. The van der Waals surface area contributed by atoms with Crippen molar-refractivity contribution < 1.29 is 35.9 Å². The van der Waals surface area contributed by atoms with E-state index in [1.54, 1.807) is 6.92 Å². The second-order valence-electron chi connectivity index (χ2n) is 9.98. The molecule has 2 heterocycles. The van der Waals surface area contributed by atoms with Crippen LogP contribution in [0.3, 0.4) is 0 Å². The summed E-state index contributed by atoms with van der Waals surface area (Å²) in [7, 11) is 1.21. The summed E-state index contributed by atoms with van der Waals surface area (Å²) >= 11 is 0. The molecular weight excluding hydrogens is 512 g/mol. The zero-order valence-electron chi connectivity index (χ0n) is 21.3. The number of rotatable bonds is 8. The predicted molar refractivity (Wildman–Crippen MR) is 131 cm³/mol. The molecule has 208 valence electrons. The van der Waals surface area contributed by atoms with Gasteiger partial charge < -0.3 is 15.0 Å². The molecule has 1 fully saturated rings. The molecule has 2 aliphatic heterocycles. The van der Waals surface area contributed by atoms with Crippen LogP contribution in [-0.4, -0.2) is 74.0 Å². The van der Waals surface area contributed by atoms with Crippen LogP contribution in [0.25, 0.3) is 0 Å². The van der Waals surface area contributed by atoms with Crippen molar-refractivity contribution in [1.29, 1.82) is 0 Å². The van der Waals surface area contributed by atoms with Crippen molar-refractivity contribution in [3.05, 3.63) is 64.2 Å². The Balaban J connectivity index is 1.68. The van der Waals surface area contributed by atoms with Crippen molar-refractivity contribution in [2.75, 3.05) is 45.3 Å². The number of benzene rings is 2. The van der Waals surface area contributed by atoms with E-state index < -0.39 is 54.6 Å².